The third-order valence-electron chi connectivity index (χ3n) is 11.5. The molecule has 7 bridgehead atoms. The number of hydrogen-bond acceptors (Lipinski definition) is 7. The van der Waals surface area contributed by atoms with Crippen molar-refractivity contribution >= 4 is 0 Å². The molecule has 7 nitrogen and oxygen atoms in total. The summed E-state index contributed by atoms with van der Waals surface area (Å²) in [5.74, 6) is 0.398. The van der Waals surface area contributed by atoms with Crippen LogP contribution in [0.1, 0.15) is 39.5 Å². The Balaban J connectivity index is 1.68. The van der Waals surface area contributed by atoms with E-state index in [4.69, 9.17) is 18.9 Å². The van der Waals surface area contributed by atoms with E-state index < -0.39 is 17.3 Å². The Kier molecular flexibility index (Phi) is 4.64. The number of likely N-dealkylation sites (N-methyl/N-ethyl adjacent to an activating group) is 1. The molecule has 5 saturated carbocycles. The van der Waals surface area contributed by atoms with Gasteiger partial charge in [-0.05, 0) is 37.1 Å². The molecular weight excluding hydrogens is 410 g/mol. The zero-order valence-electron chi connectivity index (χ0n) is 20.4. The highest BCUT2D eigenvalue weighted by Crippen LogP contribution is 2.80. The second kappa shape index (κ2) is 6.68. The monoisotopic (exact) mass is 451 g/mol. The third-order valence-corrected chi connectivity index (χ3v) is 11.5. The number of rotatable bonds is 5. The van der Waals surface area contributed by atoms with Gasteiger partial charge >= 0.3 is 0 Å². The van der Waals surface area contributed by atoms with E-state index in [1.165, 1.54) is 0 Å². The standard InChI is InChI=1S/C25H41NO6/c1-7-26-12-22(2)9-8-16(30-4)24-14-10-13-15(29-3)11-23(27,17(14)18(13)31-5)25(28,21(24)26)20(32-6)19(22)24/h13-21,27-28H,7-12H2,1-6H3. The molecule has 13 unspecified atom stereocenters. The lowest BCUT2D eigenvalue weighted by Gasteiger charge is -2.70. The van der Waals surface area contributed by atoms with E-state index in [1.54, 1.807) is 21.3 Å². The maximum atomic E-state index is 13.0. The molecule has 1 aliphatic heterocycles. The molecule has 182 valence electrons. The van der Waals surface area contributed by atoms with Gasteiger partial charge in [-0.1, -0.05) is 13.8 Å². The van der Waals surface area contributed by atoms with Crippen LogP contribution < -0.4 is 0 Å². The molecule has 6 aliphatic rings. The van der Waals surface area contributed by atoms with Gasteiger partial charge in [0.25, 0.3) is 0 Å². The van der Waals surface area contributed by atoms with E-state index in [0.29, 0.717) is 6.42 Å². The number of methoxy groups -OCH3 is 4. The highest BCUT2D eigenvalue weighted by atomic mass is 16.5. The Morgan fingerprint density at radius 1 is 1.03 bits per heavy atom. The first-order valence-corrected chi connectivity index (χ1v) is 12.5. The van der Waals surface area contributed by atoms with Crippen LogP contribution in [0.2, 0.25) is 0 Å². The van der Waals surface area contributed by atoms with E-state index >= 15 is 0 Å². The summed E-state index contributed by atoms with van der Waals surface area (Å²) in [6, 6.07) is -0.202. The predicted octanol–water partition coefficient (Wildman–Crippen LogP) is 1.30. The molecule has 0 aromatic heterocycles. The zero-order valence-corrected chi connectivity index (χ0v) is 20.4. The van der Waals surface area contributed by atoms with Gasteiger partial charge in [0.05, 0.1) is 30.5 Å². The summed E-state index contributed by atoms with van der Waals surface area (Å²) < 4.78 is 24.6. The van der Waals surface area contributed by atoms with Crippen molar-refractivity contribution in [1.82, 2.24) is 4.90 Å². The number of ether oxygens (including phenoxy) is 4. The molecule has 5 aliphatic carbocycles. The van der Waals surface area contributed by atoms with Gasteiger partial charge in [-0.3, -0.25) is 4.90 Å². The molecule has 0 aromatic rings. The fourth-order valence-electron chi connectivity index (χ4n) is 11.0. The molecule has 0 amide bonds. The van der Waals surface area contributed by atoms with Crippen LogP contribution >= 0.6 is 0 Å². The van der Waals surface area contributed by atoms with Gasteiger partial charge < -0.3 is 29.2 Å². The average Bonchev–Trinajstić information content (AvgIpc) is 3.20. The molecule has 6 fully saturated rings. The van der Waals surface area contributed by atoms with Crippen molar-refractivity contribution in [3.05, 3.63) is 0 Å². The third kappa shape index (κ3) is 2.00. The quantitative estimate of drug-likeness (QED) is 0.652. The van der Waals surface area contributed by atoms with Gasteiger partial charge in [0.1, 0.15) is 11.2 Å². The van der Waals surface area contributed by atoms with Crippen LogP contribution in [0.15, 0.2) is 0 Å². The molecule has 0 radical (unpaired) electrons. The van der Waals surface area contributed by atoms with Crippen molar-refractivity contribution < 1.29 is 29.2 Å². The Morgan fingerprint density at radius 2 is 1.78 bits per heavy atom. The van der Waals surface area contributed by atoms with Crippen molar-refractivity contribution in [2.75, 3.05) is 41.5 Å². The predicted molar refractivity (Wildman–Crippen MR) is 117 cm³/mol. The molecule has 1 spiro atoms. The first kappa shape index (κ1) is 22.2. The summed E-state index contributed by atoms with van der Waals surface area (Å²) in [6.45, 7) is 6.33. The van der Waals surface area contributed by atoms with Crippen molar-refractivity contribution in [3.63, 3.8) is 0 Å². The minimum Gasteiger partial charge on any atom is -0.386 e. The van der Waals surface area contributed by atoms with Gasteiger partial charge in [0, 0.05) is 64.6 Å². The van der Waals surface area contributed by atoms with Gasteiger partial charge in [0.2, 0.25) is 0 Å². The molecular formula is C25H41NO6. The van der Waals surface area contributed by atoms with Crippen molar-refractivity contribution in [2.24, 2.45) is 34.5 Å². The molecule has 1 heterocycles. The van der Waals surface area contributed by atoms with E-state index in [1.807, 2.05) is 7.11 Å². The first-order valence-electron chi connectivity index (χ1n) is 12.5. The smallest absolute Gasteiger partial charge is 0.136 e. The summed E-state index contributed by atoms with van der Waals surface area (Å²) in [4.78, 5) is 2.46. The fraction of sp³-hybridized carbons (Fsp3) is 1.00. The number of aliphatic hydroxyl groups is 2. The lowest BCUT2D eigenvalue weighted by atomic mass is 9.43. The van der Waals surface area contributed by atoms with E-state index in [0.717, 1.165) is 32.4 Å². The summed E-state index contributed by atoms with van der Waals surface area (Å²) in [5, 5.41) is 25.7. The van der Waals surface area contributed by atoms with Crippen LogP contribution in [-0.4, -0.2) is 98.3 Å². The van der Waals surface area contributed by atoms with E-state index in [9.17, 15) is 10.2 Å². The van der Waals surface area contributed by atoms with Crippen LogP contribution in [-0.2, 0) is 18.9 Å². The second-order valence-electron chi connectivity index (χ2n) is 12.0. The maximum absolute atomic E-state index is 13.0. The Bertz CT molecular complexity index is 796. The maximum Gasteiger partial charge on any atom is 0.136 e. The minimum absolute atomic E-state index is 0.00298. The highest BCUT2D eigenvalue weighted by molar-refractivity contribution is 5.41. The summed E-state index contributed by atoms with van der Waals surface area (Å²) >= 11 is 0. The molecule has 2 N–H and O–H groups in total. The normalized spacial score (nSPS) is 62.4. The van der Waals surface area contributed by atoms with Crippen LogP contribution in [0, 0.1) is 34.5 Å². The minimum atomic E-state index is -1.41. The fourth-order valence-corrected chi connectivity index (χ4v) is 11.0. The number of likely N-dealkylation sites (tertiary alicyclic amines) is 1. The van der Waals surface area contributed by atoms with Crippen LogP contribution in [0.3, 0.4) is 0 Å². The lowest BCUT2D eigenvalue weighted by Crippen LogP contribution is -2.81. The molecule has 1 saturated heterocycles. The Labute approximate surface area is 191 Å². The number of hydrogen-bond donors (Lipinski definition) is 2. The van der Waals surface area contributed by atoms with Gasteiger partial charge in [-0.15, -0.1) is 0 Å². The van der Waals surface area contributed by atoms with E-state index in [2.05, 4.69) is 18.7 Å². The van der Waals surface area contributed by atoms with Crippen molar-refractivity contribution in [1.29, 1.82) is 0 Å². The summed E-state index contributed by atoms with van der Waals surface area (Å²) in [6.07, 6.45) is 2.70. The highest BCUT2D eigenvalue weighted by Gasteiger charge is 2.91. The number of fused-ring (bicyclic) bond motifs is 2. The van der Waals surface area contributed by atoms with Gasteiger partial charge in [-0.2, -0.15) is 0 Å². The molecule has 0 aromatic carbocycles. The summed E-state index contributed by atoms with van der Waals surface area (Å²) in [5.41, 5.74) is -3.03. The zero-order chi connectivity index (χ0) is 22.8. The Hall–Kier alpha value is -0.280. The lowest BCUT2D eigenvalue weighted by molar-refractivity contribution is -0.318. The summed E-state index contributed by atoms with van der Waals surface area (Å²) in [7, 11) is 7.03. The first-order chi connectivity index (χ1) is 15.2. The topological polar surface area (TPSA) is 80.6 Å². The van der Waals surface area contributed by atoms with Crippen molar-refractivity contribution in [3.8, 4) is 0 Å². The number of piperidine rings is 1. The van der Waals surface area contributed by atoms with Crippen LogP contribution in [0.5, 0.6) is 0 Å². The van der Waals surface area contributed by atoms with Gasteiger partial charge in [-0.25, -0.2) is 0 Å². The molecule has 6 rings (SSSR count). The van der Waals surface area contributed by atoms with Crippen LogP contribution in [0.4, 0.5) is 0 Å². The van der Waals surface area contributed by atoms with Crippen molar-refractivity contribution in [2.45, 2.75) is 81.2 Å². The molecule has 13 atom stereocenters. The molecule has 7 heteroatoms. The Morgan fingerprint density at radius 3 is 2.38 bits per heavy atom. The largest absolute Gasteiger partial charge is 0.386 e. The average molecular weight is 452 g/mol. The number of nitrogens with zero attached hydrogens (tertiary/aromatic N) is 1. The van der Waals surface area contributed by atoms with Crippen LogP contribution in [0.25, 0.3) is 0 Å². The molecule has 32 heavy (non-hydrogen) atoms. The second-order valence-corrected chi connectivity index (χ2v) is 12.0. The SMILES string of the molecule is CCN1CC2(C)CCC(OC)C34C5CC6C(OC)CC(O)(C5C6OC)C(O)(C(OC)C23)C14. The van der Waals surface area contributed by atoms with E-state index in [-0.39, 0.29) is 58.9 Å². The van der Waals surface area contributed by atoms with Gasteiger partial charge in [0.15, 0.2) is 0 Å².